The predicted octanol–water partition coefficient (Wildman–Crippen LogP) is -1.41. The first-order chi connectivity index (χ1) is 5.93. The first kappa shape index (κ1) is 11.4. The molecule has 0 rings (SSSR count). The molecule has 0 aliphatic heterocycles. The van der Waals surface area contributed by atoms with Crippen LogP contribution < -0.4 is 5.32 Å². The fourth-order valence-corrected chi connectivity index (χ4v) is 0.632. The van der Waals surface area contributed by atoms with E-state index in [4.69, 9.17) is 15.3 Å². The summed E-state index contributed by atoms with van der Waals surface area (Å²) in [7, 11) is 0. The number of rotatable bonds is 6. The van der Waals surface area contributed by atoms with Gasteiger partial charge >= 0.3 is 17.9 Å². The Morgan fingerprint density at radius 1 is 1.08 bits per heavy atom. The molecular formula is C6H9NO6. The molecule has 7 heteroatoms. The number of nitrogens with one attached hydrogen (secondary N) is 1. The van der Waals surface area contributed by atoms with E-state index in [0.29, 0.717) is 0 Å². The summed E-state index contributed by atoms with van der Waals surface area (Å²) in [6, 6.07) is -1.37. The zero-order chi connectivity index (χ0) is 10.4. The van der Waals surface area contributed by atoms with Gasteiger partial charge in [-0.3, -0.25) is 19.7 Å². The molecule has 0 heterocycles. The van der Waals surface area contributed by atoms with Crippen molar-refractivity contribution < 1.29 is 29.7 Å². The summed E-state index contributed by atoms with van der Waals surface area (Å²) >= 11 is 0. The quantitative estimate of drug-likeness (QED) is 0.406. The molecule has 0 spiro atoms. The molecule has 0 unspecified atom stereocenters. The molecule has 0 saturated heterocycles. The zero-order valence-electron chi connectivity index (χ0n) is 6.56. The number of carboxylic acid groups (broad SMARTS) is 3. The Kier molecular flexibility index (Phi) is 4.45. The van der Waals surface area contributed by atoms with E-state index in [-0.39, 0.29) is 0 Å². The maximum atomic E-state index is 10.3. The maximum absolute atomic E-state index is 10.3. The highest BCUT2D eigenvalue weighted by Gasteiger charge is 2.20. The van der Waals surface area contributed by atoms with Gasteiger partial charge < -0.3 is 15.3 Å². The van der Waals surface area contributed by atoms with Gasteiger partial charge in [-0.25, -0.2) is 0 Å². The highest BCUT2D eigenvalue weighted by molar-refractivity contribution is 5.81. The molecule has 0 saturated carbocycles. The Bertz CT molecular complexity index is 225. The Hall–Kier alpha value is -1.63. The smallest absolute Gasteiger partial charge is 0.321 e. The second kappa shape index (κ2) is 5.09. The number of hydrogen-bond acceptors (Lipinski definition) is 4. The molecule has 1 atom stereocenters. The lowest BCUT2D eigenvalue weighted by Crippen LogP contribution is -2.41. The molecule has 0 radical (unpaired) electrons. The van der Waals surface area contributed by atoms with Crippen molar-refractivity contribution in [3.8, 4) is 0 Å². The summed E-state index contributed by atoms with van der Waals surface area (Å²) < 4.78 is 0. The van der Waals surface area contributed by atoms with Crippen molar-refractivity contribution in [1.29, 1.82) is 0 Å². The highest BCUT2D eigenvalue weighted by Crippen LogP contribution is 1.91. The molecule has 4 N–H and O–H groups in total. The first-order valence-corrected chi connectivity index (χ1v) is 3.33. The molecule has 13 heavy (non-hydrogen) atoms. The summed E-state index contributed by atoms with van der Waals surface area (Å²) in [6.45, 7) is -0.579. The van der Waals surface area contributed by atoms with Crippen LogP contribution in [-0.4, -0.2) is 45.8 Å². The number of hydrogen-bond donors (Lipinski definition) is 4. The molecule has 0 aromatic rings. The van der Waals surface area contributed by atoms with Gasteiger partial charge in [0, 0.05) is 0 Å². The van der Waals surface area contributed by atoms with Gasteiger partial charge in [-0.1, -0.05) is 0 Å². The number of aliphatic carboxylic acids is 3. The van der Waals surface area contributed by atoms with Crippen LogP contribution in [0.4, 0.5) is 0 Å². The van der Waals surface area contributed by atoms with Crippen LogP contribution in [0.1, 0.15) is 6.42 Å². The lowest BCUT2D eigenvalue weighted by atomic mass is 10.2. The summed E-state index contributed by atoms with van der Waals surface area (Å²) in [4.78, 5) is 30.4. The largest absolute Gasteiger partial charge is 0.481 e. The second-order valence-corrected chi connectivity index (χ2v) is 2.26. The summed E-state index contributed by atoms with van der Waals surface area (Å²) in [5.74, 6) is -3.93. The van der Waals surface area contributed by atoms with Gasteiger partial charge in [0.05, 0.1) is 13.0 Å². The van der Waals surface area contributed by atoms with E-state index < -0.39 is 36.9 Å². The number of carboxylic acids is 3. The van der Waals surface area contributed by atoms with E-state index in [0.717, 1.165) is 0 Å². The minimum absolute atomic E-state index is 0.579. The normalized spacial score (nSPS) is 12.0. The van der Waals surface area contributed by atoms with E-state index in [9.17, 15) is 14.4 Å². The lowest BCUT2D eigenvalue weighted by molar-refractivity contribution is -0.146. The van der Waals surface area contributed by atoms with E-state index in [1.807, 2.05) is 0 Å². The number of carbonyl (C=O) groups is 3. The van der Waals surface area contributed by atoms with Gasteiger partial charge in [-0.2, -0.15) is 0 Å². The molecule has 74 valence electrons. The van der Waals surface area contributed by atoms with E-state index in [2.05, 4.69) is 5.32 Å². The van der Waals surface area contributed by atoms with Crippen LogP contribution in [0.3, 0.4) is 0 Å². The fraction of sp³-hybridized carbons (Fsp3) is 0.500. The molecular weight excluding hydrogens is 182 g/mol. The third-order valence-corrected chi connectivity index (χ3v) is 1.18. The zero-order valence-corrected chi connectivity index (χ0v) is 6.56. The monoisotopic (exact) mass is 191 g/mol. The second-order valence-electron chi connectivity index (χ2n) is 2.26. The van der Waals surface area contributed by atoms with Crippen molar-refractivity contribution in [1.82, 2.24) is 5.32 Å². The minimum Gasteiger partial charge on any atom is -0.481 e. The molecule has 0 aromatic carbocycles. The Morgan fingerprint density at radius 3 is 1.92 bits per heavy atom. The van der Waals surface area contributed by atoms with Crippen LogP contribution in [0.25, 0.3) is 0 Å². The molecule has 0 bridgehead atoms. The van der Waals surface area contributed by atoms with Gasteiger partial charge in [0.2, 0.25) is 0 Å². The van der Waals surface area contributed by atoms with E-state index in [1.165, 1.54) is 0 Å². The Labute approximate surface area is 73.0 Å². The SMILES string of the molecule is O=C(O)CN[C@H](CC(=O)O)C(=O)O. The van der Waals surface area contributed by atoms with Gasteiger partial charge in [0.25, 0.3) is 0 Å². The van der Waals surface area contributed by atoms with Crippen molar-refractivity contribution in [3.63, 3.8) is 0 Å². The van der Waals surface area contributed by atoms with Crippen molar-refractivity contribution in [2.75, 3.05) is 6.54 Å². The first-order valence-electron chi connectivity index (χ1n) is 3.33. The van der Waals surface area contributed by atoms with Crippen LogP contribution in [-0.2, 0) is 14.4 Å². The van der Waals surface area contributed by atoms with Crippen LogP contribution in [0.5, 0.6) is 0 Å². The molecule has 7 nitrogen and oxygen atoms in total. The van der Waals surface area contributed by atoms with E-state index in [1.54, 1.807) is 0 Å². The molecule has 0 aliphatic rings. The Balaban J connectivity index is 4.02. The Morgan fingerprint density at radius 2 is 1.62 bits per heavy atom. The lowest BCUT2D eigenvalue weighted by Gasteiger charge is -2.09. The average Bonchev–Trinajstić information content (AvgIpc) is 1.96. The van der Waals surface area contributed by atoms with Crippen molar-refractivity contribution in [2.24, 2.45) is 0 Å². The van der Waals surface area contributed by atoms with Crippen LogP contribution in [0.2, 0.25) is 0 Å². The van der Waals surface area contributed by atoms with E-state index >= 15 is 0 Å². The van der Waals surface area contributed by atoms with Crippen molar-refractivity contribution in [3.05, 3.63) is 0 Å². The third kappa shape index (κ3) is 5.62. The molecule has 0 fully saturated rings. The predicted molar refractivity (Wildman–Crippen MR) is 39.3 cm³/mol. The maximum Gasteiger partial charge on any atom is 0.321 e. The average molecular weight is 191 g/mol. The van der Waals surface area contributed by atoms with Crippen molar-refractivity contribution in [2.45, 2.75) is 12.5 Å². The standard InChI is InChI=1S/C6H9NO6/c8-4(9)1-3(6(12)13)7-2-5(10)11/h3,7H,1-2H2,(H,8,9)(H,10,11)(H,12,13)/t3-/m1/s1. The minimum atomic E-state index is -1.39. The van der Waals surface area contributed by atoms with Gasteiger partial charge in [-0.05, 0) is 0 Å². The summed E-state index contributed by atoms with van der Waals surface area (Å²) in [5, 5.41) is 26.9. The summed E-state index contributed by atoms with van der Waals surface area (Å²) in [5.41, 5.74) is 0. The van der Waals surface area contributed by atoms with Crippen LogP contribution >= 0.6 is 0 Å². The van der Waals surface area contributed by atoms with Crippen molar-refractivity contribution >= 4 is 17.9 Å². The fourth-order valence-electron chi connectivity index (χ4n) is 0.632. The van der Waals surface area contributed by atoms with Crippen LogP contribution in [0.15, 0.2) is 0 Å². The van der Waals surface area contributed by atoms with Crippen LogP contribution in [0, 0.1) is 0 Å². The molecule has 0 aromatic heterocycles. The topological polar surface area (TPSA) is 124 Å². The molecule has 0 amide bonds. The summed E-state index contributed by atoms with van der Waals surface area (Å²) in [6.07, 6.45) is -0.650. The van der Waals surface area contributed by atoms with Gasteiger partial charge in [-0.15, -0.1) is 0 Å². The van der Waals surface area contributed by atoms with Gasteiger partial charge in [0.15, 0.2) is 0 Å². The van der Waals surface area contributed by atoms with Gasteiger partial charge in [0.1, 0.15) is 6.04 Å². The highest BCUT2D eigenvalue weighted by atomic mass is 16.4. The third-order valence-electron chi connectivity index (χ3n) is 1.18. The molecule has 0 aliphatic carbocycles.